The quantitative estimate of drug-likeness (QED) is 0.743. The molecule has 3 aliphatic heterocycles. The van der Waals surface area contributed by atoms with Gasteiger partial charge in [-0.25, -0.2) is 4.98 Å². The molecule has 4 rings (SSSR count). The summed E-state index contributed by atoms with van der Waals surface area (Å²) in [6.45, 7) is 4.57. The molecule has 0 bridgehead atoms. The Labute approximate surface area is 141 Å². The first-order chi connectivity index (χ1) is 11.7. The molecule has 24 heavy (non-hydrogen) atoms. The average molecular weight is 326 g/mol. The first-order valence-electron chi connectivity index (χ1n) is 8.24. The monoisotopic (exact) mass is 326 g/mol. The number of nitrogens with one attached hydrogen (secondary N) is 2. The normalized spacial score (nSPS) is 29.8. The van der Waals surface area contributed by atoms with E-state index in [1.807, 2.05) is 12.1 Å². The van der Waals surface area contributed by atoms with Gasteiger partial charge in [0.1, 0.15) is 17.8 Å². The van der Waals surface area contributed by atoms with Gasteiger partial charge in [0.25, 0.3) is 0 Å². The third-order valence-corrected chi connectivity index (χ3v) is 4.66. The summed E-state index contributed by atoms with van der Waals surface area (Å²) in [4.78, 5) is 11.2. The highest BCUT2D eigenvalue weighted by molar-refractivity contribution is 5.62. The Bertz CT molecular complexity index is 696. The Morgan fingerprint density at radius 1 is 1.38 bits per heavy atom. The summed E-state index contributed by atoms with van der Waals surface area (Å²) in [5.41, 5.74) is 7.91. The zero-order valence-corrected chi connectivity index (χ0v) is 13.6. The predicted molar refractivity (Wildman–Crippen MR) is 93.1 cm³/mol. The minimum atomic E-state index is 0.0226. The van der Waals surface area contributed by atoms with Gasteiger partial charge in [-0.1, -0.05) is 18.2 Å². The highest BCUT2D eigenvalue weighted by atomic mass is 16.5. The van der Waals surface area contributed by atoms with Crippen LogP contribution >= 0.6 is 0 Å². The zero-order chi connectivity index (χ0) is 16.5. The highest BCUT2D eigenvalue weighted by Gasteiger charge is 2.32. The van der Waals surface area contributed by atoms with Gasteiger partial charge in [0.05, 0.1) is 25.6 Å². The van der Waals surface area contributed by atoms with Crippen LogP contribution in [-0.4, -0.2) is 48.2 Å². The van der Waals surface area contributed by atoms with Gasteiger partial charge in [-0.2, -0.15) is 0 Å². The van der Waals surface area contributed by atoms with Gasteiger partial charge in [-0.15, -0.1) is 0 Å². The lowest BCUT2D eigenvalue weighted by Crippen LogP contribution is -2.52. The largest absolute Gasteiger partial charge is 0.384 e. The molecule has 7 heteroatoms. The van der Waals surface area contributed by atoms with Crippen molar-refractivity contribution in [3.05, 3.63) is 47.4 Å². The number of aromatic nitrogens is 1. The third-order valence-electron chi connectivity index (χ3n) is 4.66. The van der Waals surface area contributed by atoms with E-state index in [-0.39, 0.29) is 12.2 Å². The van der Waals surface area contributed by atoms with Crippen molar-refractivity contribution < 1.29 is 4.74 Å². The van der Waals surface area contributed by atoms with Crippen LogP contribution in [-0.2, 0) is 4.74 Å². The Kier molecular flexibility index (Phi) is 3.95. The summed E-state index contributed by atoms with van der Waals surface area (Å²) in [6.07, 6.45) is 7.90. The molecule has 7 nitrogen and oxygen atoms in total. The molecular formula is C17H22N6O. The molecule has 4 heterocycles. The second-order valence-electron chi connectivity index (χ2n) is 6.29. The van der Waals surface area contributed by atoms with E-state index in [1.54, 1.807) is 12.5 Å². The van der Waals surface area contributed by atoms with Crippen LogP contribution in [0, 0.1) is 0 Å². The van der Waals surface area contributed by atoms with Crippen molar-refractivity contribution in [2.45, 2.75) is 25.2 Å². The summed E-state index contributed by atoms with van der Waals surface area (Å²) in [7, 11) is 0. The van der Waals surface area contributed by atoms with Crippen molar-refractivity contribution >= 4 is 12.2 Å². The molecule has 0 amide bonds. The number of morpholine rings is 1. The standard InChI is InChI=1S/C17H22N6O/c1-11-9-24-7-6-23(11)17-13-3-4-14(22-16(13)20-10-21-17)12-2-5-15(18)19-8-12/h2-5,8,10-11,14,17,22H,6-7,9H2,1H3,(H2,18,19)(H,20,21)/t11-,14?,17?/m0/s1. The lowest BCUT2D eigenvalue weighted by molar-refractivity contribution is -0.0135. The van der Waals surface area contributed by atoms with Crippen LogP contribution in [0.4, 0.5) is 5.82 Å². The van der Waals surface area contributed by atoms with E-state index in [0.29, 0.717) is 11.9 Å². The molecule has 2 unspecified atom stereocenters. The second-order valence-corrected chi connectivity index (χ2v) is 6.29. The van der Waals surface area contributed by atoms with Gasteiger partial charge >= 0.3 is 0 Å². The molecule has 3 atom stereocenters. The van der Waals surface area contributed by atoms with Gasteiger partial charge in [0.2, 0.25) is 0 Å². The van der Waals surface area contributed by atoms with Crippen molar-refractivity contribution in [3.8, 4) is 0 Å². The molecule has 1 aromatic heterocycles. The fraction of sp³-hybridized carbons (Fsp3) is 0.412. The number of hydrogen-bond donors (Lipinski definition) is 3. The topological polar surface area (TPSA) is 87.8 Å². The highest BCUT2D eigenvalue weighted by Crippen LogP contribution is 2.28. The van der Waals surface area contributed by atoms with E-state index in [2.05, 4.69) is 44.6 Å². The molecule has 1 aromatic rings. The van der Waals surface area contributed by atoms with Gasteiger partial charge < -0.3 is 21.1 Å². The van der Waals surface area contributed by atoms with Crippen molar-refractivity contribution in [2.75, 3.05) is 25.5 Å². The molecular weight excluding hydrogens is 304 g/mol. The number of ether oxygens (including phenoxy) is 1. The van der Waals surface area contributed by atoms with Crippen molar-refractivity contribution in [3.63, 3.8) is 0 Å². The molecule has 126 valence electrons. The Morgan fingerprint density at radius 2 is 2.29 bits per heavy atom. The van der Waals surface area contributed by atoms with Crippen LogP contribution in [0.25, 0.3) is 0 Å². The molecule has 4 N–H and O–H groups in total. The summed E-state index contributed by atoms with van der Waals surface area (Å²) >= 11 is 0. The predicted octanol–water partition coefficient (Wildman–Crippen LogP) is 0.754. The Hall–Kier alpha value is -2.38. The first-order valence-corrected chi connectivity index (χ1v) is 8.24. The lowest BCUT2D eigenvalue weighted by Gasteiger charge is -2.40. The van der Waals surface area contributed by atoms with Gasteiger partial charge in [0.15, 0.2) is 0 Å². The number of hydrogen-bond acceptors (Lipinski definition) is 7. The summed E-state index contributed by atoms with van der Waals surface area (Å²) in [6, 6.07) is 4.23. The number of dihydropyridines is 1. The fourth-order valence-electron chi connectivity index (χ4n) is 3.33. The van der Waals surface area contributed by atoms with Gasteiger partial charge in [-0.3, -0.25) is 9.89 Å². The minimum absolute atomic E-state index is 0.0226. The number of nitrogens with two attached hydrogens (primary N) is 1. The number of anilines is 1. The van der Waals surface area contributed by atoms with Crippen LogP contribution in [0.15, 0.2) is 46.9 Å². The molecule has 0 saturated carbocycles. The number of pyridine rings is 1. The molecule has 0 aromatic carbocycles. The number of rotatable bonds is 2. The molecule has 0 aliphatic carbocycles. The van der Waals surface area contributed by atoms with E-state index < -0.39 is 0 Å². The summed E-state index contributed by atoms with van der Waals surface area (Å²) in [5.74, 6) is 1.53. The fourth-order valence-corrected chi connectivity index (χ4v) is 3.33. The van der Waals surface area contributed by atoms with E-state index in [9.17, 15) is 0 Å². The summed E-state index contributed by atoms with van der Waals surface area (Å²) in [5, 5.41) is 6.77. The summed E-state index contributed by atoms with van der Waals surface area (Å²) < 4.78 is 5.55. The zero-order valence-electron chi connectivity index (χ0n) is 13.6. The maximum Gasteiger partial charge on any atom is 0.133 e. The maximum atomic E-state index is 5.67. The van der Waals surface area contributed by atoms with Gasteiger partial charge in [0, 0.05) is 24.4 Å². The Balaban J connectivity index is 1.56. The van der Waals surface area contributed by atoms with E-state index in [4.69, 9.17) is 10.5 Å². The van der Waals surface area contributed by atoms with Gasteiger partial charge in [-0.05, 0) is 18.6 Å². The maximum absolute atomic E-state index is 5.67. The first kappa shape index (κ1) is 15.2. The van der Waals surface area contributed by atoms with Crippen molar-refractivity contribution in [1.29, 1.82) is 0 Å². The molecule has 0 radical (unpaired) electrons. The van der Waals surface area contributed by atoms with E-state index >= 15 is 0 Å². The third kappa shape index (κ3) is 2.76. The van der Waals surface area contributed by atoms with Crippen molar-refractivity contribution in [2.24, 2.45) is 4.99 Å². The number of nitrogens with zero attached hydrogens (tertiary/aromatic N) is 3. The second kappa shape index (κ2) is 6.26. The Morgan fingerprint density at radius 3 is 3.08 bits per heavy atom. The minimum Gasteiger partial charge on any atom is -0.384 e. The van der Waals surface area contributed by atoms with Crippen LogP contribution in [0.2, 0.25) is 0 Å². The van der Waals surface area contributed by atoms with Crippen LogP contribution < -0.4 is 16.4 Å². The number of aliphatic imine (C=N–C) groups is 1. The molecule has 0 spiro atoms. The van der Waals surface area contributed by atoms with Crippen LogP contribution in [0.5, 0.6) is 0 Å². The lowest BCUT2D eigenvalue weighted by atomic mass is 10.00. The smallest absolute Gasteiger partial charge is 0.133 e. The van der Waals surface area contributed by atoms with Crippen molar-refractivity contribution in [1.82, 2.24) is 20.5 Å². The molecule has 3 aliphatic rings. The van der Waals surface area contributed by atoms with Crippen LogP contribution in [0.1, 0.15) is 18.5 Å². The van der Waals surface area contributed by atoms with E-state index in [1.165, 1.54) is 0 Å². The molecule has 1 saturated heterocycles. The van der Waals surface area contributed by atoms with E-state index in [0.717, 1.165) is 36.7 Å². The average Bonchev–Trinajstić information content (AvgIpc) is 2.62. The van der Waals surface area contributed by atoms with Crippen LogP contribution in [0.3, 0.4) is 0 Å². The molecule has 1 fully saturated rings. The number of nitrogen functional groups attached to an aromatic ring is 1. The SMILES string of the molecule is C[C@H]1COCCN1C1N=CNC2=C1C=CC(c1ccc(N)nc1)N2.